The zero-order chi connectivity index (χ0) is 16.3. The summed E-state index contributed by atoms with van der Waals surface area (Å²) in [5, 5.41) is 7.30. The predicted octanol–water partition coefficient (Wildman–Crippen LogP) is 3.07. The molecule has 0 aromatic heterocycles. The Balaban J connectivity index is 0.00000288. The van der Waals surface area contributed by atoms with Gasteiger partial charge in [0.15, 0.2) is 5.96 Å². The molecule has 1 fully saturated rings. The minimum Gasteiger partial charge on any atom is -0.381 e. The van der Waals surface area contributed by atoms with Gasteiger partial charge in [-0.3, -0.25) is 4.99 Å². The van der Waals surface area contributed by atoms with Crippen molar-refractivity contribution in [1.82, 2.24) is 10.6 Å². The van der Waals surface area contributed by atoms with Gasteiger partial charge in [-0.25, -0.2) is 0 Å². The van der Waals surface area contributed by atoms with Gasteiger partial charge in [0.2, 0.25) is 0 Å². The van der Waals surface area contributed by atoms with E-state index in [4.69, 9.17) is 21.1 Å². The highest BCUT2D eigenvalue weighted by molar-refractivity contribution is 14.0. The molecule has 0 aliphatic carbocycles. The predicted molar refractivity (Wildman–Crippen MR) is 109 cm³/mol. The molecule has 0 amide bonds. The van der Waals surface area contributed by atoms with Gasteiger partial charge in [-0.2, -0.15) is 0 Å². The molecular weight excluding hydrogens is 441 g/mol. The van der Waals surface area contributed by atoms with Crippen LogP contribution in [0.5, 0.6) is 0 Å². The first kappa shape index (κ1) is 21.5. The second kappa shape index (κ2) is 12.7. The highest BCUT2D eigenvalue weighted by Crippen LogP contribution is 2.14. The van der Waals surface area contributed by atoms with Gasteiger partial charge in [-0.15, -0.1) is 24.0 Å². The lowest BCUT2D eigenvalue weighted by atomic mass is 10.1. The summed E-state index contributed by atoms with van der Waals surface area (Å²) < 4.78 is 11.0. The molecule has 5 nitrogen and oxygen atoms in total. The number of guanidine groups is 1. The second-order valence-electron chi connectivity index (χ2n) is 5.60. The maximum Gasteiger partial charge on any atom is 0.191 e. The molecule has 7 heteroatoms. The van der Waals surface area contributed by atoms with Crippen LogP contribution in [0.25, 0.3) is 0 Å². The third kappa shape index (κ3) is 8.00. The number of aliphatic imine (C=N–C) groups is 1. The molecule has 1 aliphatic rings. The average Bonchev–Trinajstić information content (AvgIpc) is 3.08. The largest absolute Gasteiger partial charge is 0.381 e. The van der Waals surface area contributed by atoms with E-state index in [2.05, 4.69) is 15.6 Å². The van der Waals surface area contributed by atoms with Gasteiger partial charge < -0.3 is 20.1 Å². The molecule has 2 N–H and O–H groups in total. The Labute approximate surface area is 166 Å². The Kier molecular flexibility index (Phi) is 11.4. The van der Waals surface area contributed by atoms with E-state index >= 15 is 0 Å². The summed E-state index contributed by atoms with van der Waals surface area (Å²) in [5.41, 5.74) is 1.05. The summed E-state index contributed by atoms with van der Waals surface area (Å²) >= 11 is 6.14. The van der Waals surface area contributed by atoms with Crippen LogP contribution < -0.4 is 10.6 Å². The Morgan fingerprint density at radius 3 is 2.92 bits per heavy atom. The van der Waals surface area contributed by atoms with Gasteiger partial charge in [0.05, 0.1) is 13.2 Å². The lowest BCUT2D eigenvalue weighted by Gasteiger charge is -2.13. The molecule has 1 heterocycles. The molecule has 1 aromatic rings. The zero-order valence-corrected chi connectivity index (χ0v) is 17.2. The number of ether oxygens (including phenoxy) is 2. The van der Waals surface area contributed by atoms with Crippen LogP contribution in [0.15, 0.2) is 29.3 Å². The van der Waals surface area contributed by atoms with E-state index < -0.39 is 0 Å². The smallest absolute Gasteiger partial charge is 0.191 e. The number of rotatable bonds is 8. The number of nitrogens with one attached hydrogen (secondary N) is 2. The van der Waals surface area contributed by atoms with Crippen molar-refractivity contribution in [2.24, 2.45) is 10.9 Å². The normalized spacial score (nSPS) is 17.4. The van der Waals surface area contributed by atoms with E-state index in [0.717, 1.165) is 62.4 Å². The first-order chi connectivity index (χ1) is 11.3. The van der Waals surface area contributed by atoms with Crippen molar-refractivity contribution in [3.63, 3.8) is 0 Å². The summed E-state index contributed by atoms with van der Waals surface area (Å²) in [7, 11) is 1.76. The molecule has 1 atom stereocenters. The minimum atomic E-state index is 0. The Hall–Kier alpha value is -0.570. The van der Waals surface area contributed by atoms with Crippen LogP contribution in [-0.4, -0.2) is 46.0 Å². The molecule has 1 saturated heterocycles. The van der Waals surface area contributed by atoms with Crippen LogP contribution in [0.1, 0.15) is 18.4 Å². The standard InChI is InChI=1S/C17H26ClN3O2.HI/c1-19-17(21-11-15-5-2-3-6-16(15)18)20-8-4-9-22-12-14-7-10-23-13-14;/h2-3,5-6,14H,4,7-13H2,1H3,(H2,19,20,21);1H. The fourth-order valence-electron chi connectivity index (χ4n) is 2.39. The number of hydrogen-bond donors (Lipinski definition) is 2. The van der Waals surface area contributed by atoms with E-state index in [1.54, 1.807) is 7.05 Å². The average molecular weight is 468 g/mol. The van der Waals surface area contributed by atoms with Crippen LogP contribution in [-0.2, 0) is 16.0 Å². The molecule has 0 bridgehead atoms. The van der Waals surface area contributed by atoms with E-state index in [9.17, 15) is 0 Å². The van der Waals surface area contributed by atoms with Gasteiger partial charge in [-0.1, -0.05) is 29.8 Å². The molecule has 0 radical (unpaired) electrons. The lowest BCUT2D eigenvalue weighted by Crippen LogP contribution is -2.37. The summed E-state index contributed by atoms with van der Waals surface area (Å²) in [6.45, 7) is 4.76. The third-order valence-corrected chi connectivity index (χ3v) is 4.13. The van der Waals surface area contributed by atoms with Crippen molar-refractivity contribution in [3.05, 3.63) is 34.9 Å². The summed E-state index contributed by atoms with van der Waals surface area (Å²) in [4.78, 5) is 4.21. The number of hydrogen-bond acceptors (Lipinski definition) is 3. The van der Waals surface area contributed by atoms with Gasteiger partial charge in [0.1, 0.15) is 0 Å². The zero-order valence-electron chi connectivity index (χ0n) is 14.1. The molecule has 1 unspecified atom stereocenters. The minimum absolute atomic E-state index is 0. The molecule has 2 rings (SSSR count). The molecule has 24 heavy (non-hydrogen) atoms. The van der Waals surface area contributed by atoms with Crippen molar-refractivity contribution in [1.29, 1.82) is 0 Å². The molecule has 1 aromatic carbocycles. The summed E-state index contributed by atoms with van der Waals surface area (Å²) in [5.74, 6) is 1.35. The lowest BCUT2D eigenvalue weighted by molar-refractivity contribution is 0.0888. The maximum absolute atomic E-state index is 6.14. The SMILES string of the molecule is CN=C(NCCCOCC1CCOC1)NCc1ccccc1Cl.I. The molecular formula is C17H27ClIN3O2. The van der Waals surface area contributed by atoms with Crippen molar-refractivity contribution < 1.29 is 9.47 Å². The van der Waals surface area contributed by atoms with Crippen molar-refractivity contribution in [3.8, 4) is 0 Å². The topological polar surface area (TPSA) is 54.9 Å². The molecule has 0 saturated carbocycles. The monoisotopic (exact) mass is 467 g/mol. The van der Waals surface area contributed by atoms with Gasteiger partial charge in [0, 0.05) is 44.3 Å². The number of benzene rings is 1. The van der Waals surface area contributed by atoms with Gasteiger partial charge >= 0.3 is 0 Å². The quantitative estimate of drug-likeness (QED) is 0.267. The van der Waals surface area contributed by atoms with E-state index in [-0.39, 0.29) is 24.0 Å². The highest BCUT2D eigenvalue weighted by Gasteiger charge is 2.15. The molecule has 1 aliphatic heterocycles. The number of nitrogens with zero attached hydrogens (tertiary/aromatic N) is 1. The Bertz CT molecular complexity index is 496. The molecule has 136 valence electrons. The van der Waals surface area contributed by atoms with Gasteiger partial charge in [-0.05, 0) is 24.5 Å². The second-order valence-corrected chi connectivity index (χ2v) is 6.01. The molecule has 0 spiro atoms. The van der Waals surface area contributed by atoms with Gasteiger partial charge in [0.25, 0.3) is 0 Å². The van der Waals surface area contributed by atoms with Crippen LogP contribution in [0.3, 0.4) is 0 Å². The van der Waals surface area contributed by atoms with Crippen molar-refractivity contribution in [2.75, 3.05) is 40.0 Å². The van der Waals surface area contributed by atoms with Crippen molar-refractivity contribution >= 4 is 41.5 Å². The Morgan fingerprint density at radius 2 is 2.21 bits per heavy atom. The van der Waals surface area contributed by atoms with E-state index in [1.165, 1.54) is 0 Å². The summed E-state index contributed by atoms with van der Waals surface area (Å²) in [6, 6.07) is 7.80. The van der Waals surface area contributed by atoms with Crippen LogP contribution >= 0.6 is 35.6 Å². The van der Waals surface area contributed by atoms with Crippen LogP contribution in [0.4, 0.5) is 0 Å². The third-order valence-electron chi connectivity index (χ3n) is 3.76. The first-order valence-corrected chi connectivity index (χ1v) is 8.51. The Morgan fingerprint density at radius 1 is 1.38 bits per heavy atom. The first-order valence-electron chi connectivity index (χ1n) is 8.13. The van der Waals surface area contributed by atoms with Crippen molar-refractivity contribution in [2.45, 2.75) is 19.4 Å². The summed E-state index contributed by atoms with van der Waals surface area (Å²) in [6.07, 6.45) is 2.07. The van der Waals surface area contributed by atoms with Crippen LogP contribution in [0.2, 0.25) is 5.02 Å². The van der Waals surface area contributed by atoms with E-state index in [0.29, 0.717) is 12.5 Å². The number of halogens is 2. The maximum atomic E-state index is 6.14. The van der Waals surface area contributed by atoms with E-state index in [1.807, 2.05) is 24.3 Å². The fraction of sp³-hybridized carbons (Fsp3) is 0.588. The fourth-order valence-corrected chi connectivity index (χ4v) is 2.59. The highest BCUT2D eigenvalue weighted by atomic mass is 127. The van der Waals surface area contributed by atoms with Crippen LogP contribution in [0, 0.1) is 5.92 Å².